The van der Waals surface area contributed by atoms with Crippen molar-refractivity contribution in [2.45, 2.75) is 12.8 Å². The molecule has 2 aromatic carbocycles. The average molecular weight is 419 g/mol. The van der Waals surface area contributed by atoms with Crippen LogP contribution in [0, 0.1) is 0 Å². The van der Waals surface area contributed by atoms with E-state index in [1.54, 1.807) is 25.4 Å². The third-order valence-corrected chi connectivity index (χ3v) is 4.96. The van der Waals surface area contributed by atoms with Gasteiger partial charge in [-0.2, -0.15) is 5.10 Å². The van der Waals surface area contributed by atoms with Crippen LogP contribution >= 0.6 is 0 Å². The molecule has 31 heavy (non-hydrogen) atoms. The molecule has 160 valence electrons. The monoisotopic (exact) mass is 419 g/mol. The zero-order chi connectivity index (χ0) is 21.5. The molecule has 1 aromatic heterocycles. The number of ether oxygens (including phenoxy) is 2. The van der Waals surface area contributed by atoms with E-state index in [1.807, 2.05) is 42.5 Å². The van der Waals surface area contributed by atoms with Crippen molar-refractivity contribution in [3.05, 3.63) is 60.8 Å². The summed E-state index contributed by atoms with van der Waals surface area (Å²) in [6.07, 6.45) is 4.22. The highest BCUT2D eigenvalue weighted by molar-refractivity contribution is 5.92. The summed E-state index contributed by atoms with van der Waals surface area (Å²) in [6, 6.07) is 16.5. The van der Waals surface area contributed by atoms with Crippen molar-refractivity contribution >= 4 is 28.8 Å². The molecular weight excluding hydrogens is 394 g/mol. The van der Waals surface area contributed by atoms with E-state index in [-0.39, 0.29) is 12.5 Å². The fraction of sp³-hybridized carbons (Fsp3) is 0.261. The predicted molar refractivity (Wildman–Crippen MR) is 120 cm³/mol. The summed E-state index contributed by atoms with van der Waals surface area (Å²) in [5.74, 6) is 1.70. The van der Waals surface area contributed by atoms with Crippen molar-refractivity contribution < 1.29 is 14.3 Å². The minimum atomic E-state index is -0.243. The van der Waals surface area contributed by atoms with Crippen LogP contribution in [0.3, 0.4) is 0 Å². The molecule has 0 aliphatic carbocycles. The second-order valence-corrected chi connectivity index (χ2v) is 7.21. The smallest absolute Gasteiger partial charge is 0.262 e. The molecule has 1 fully saturated rings. The van der Waals surface area contributed by atoms with Crippen LogP contribution in [0.5, 0.6) is 11.5 Å². The Kier molecular flexibility index (Phi) is 6.47. The van der Waals surface area contributed by atoms with Crippen molar-refractivity contribution in [3.8, 4) is 11.5 Å². The van der Waals surface area contributed by atoms with E-state index in [9.17, 15) is 4.79 Å². The standard InChI is InChI=1S/C23H25N5O3/c1-30-20-5-4-6-21(14-20)31-16-23(29)26-18-9-7-17(8-10-18)25-22-13-19(15-24-27-22)28-11-2-3-12-28/h4-10,13-15H,2-3,11-12,16H2,1H3,(H,25,27)(H,26,29). The van der Waals surface area contributed by atoms with E-state index in [0.29, 0.717) is 23.0 Å². The molecule has 0 radical (unpaired) electrons. The Hall–Kier alpha value is -3.81. The lowest BCUT2D eigenvalue weighted by Crippen LogP contribution is -2.20. The molecule has 1 aliphatic heterocycles. The molecule has 1 saturated heterocycles. The first-order chi connectivity index (χ1) is 15.2. The van der Waals surface area contributed by atoms with Crippen LogP contribution in [0.1, 0.15) is 12.8 Å². The minimum Gasteiger partial charge on any atom is -0.497 e. The molecule has 0 spiro atoms. The van der Waals surface area contributed by atoms with Gasteiger partial charge in [0.2, 0.25) is 0 Å². The zero-order valence-electron chi connectivity index (χ0n) is 17.4. The summed E-state index contributed by atoms with van der Waals surface area (Å²) in [5.41, 5.74) is 2.62. The number of amides is 1. The van der Waals surface area contributed by atoms with Crippen LogP contribution in [-0.4, -0.2) is 42.9 Å². The number of rotatable bonds is 8. The molecule has 1 amide bonds. The van der Waals surface area contributed by atoms with Gasteiger partial charge >= 0.3 is 0 Å². The maximum Gasteiger partial charge on any atom is 0.262 e. The summed E-state index contributed by atoms with van der Waals surface area (Å²) in [7, 11) is 1.58. The number of nitrogens with one attached hydrogen (secondary N) is 2. The molecule has 0 unspecified atom stereocenters. The van der Waals surface area contributed by atoms with Crippen molar-refractivity contribution in [3.63, 3.8) is 0 Å². The van der Waals surface area contributed by atoms with Crippen LogP contribution < -0.4 is 25.0 Å². The number of aromatic nitrogens is 2. The van der Waals surface area contributed by atoms with E-state index in [4.69, 9.17) is 9.47 Å². The average Bonchev–Trinajstić information content (AvgIpc) is 3.35. The fourth-order valence-corrected chi connectivity index (χ4v) is 3.39. The van der Waals surface area contributed by atoms with E-state index >= 15 is 0 Å². The number of nitrogens with zero attached hydrogens (tertiary/aromatic N) is 3. The summed E-state index contributed by atoms with van der Waals surface area (Å²) in [6.45, 7) is 2.02. The highest BCUT2D eigenvalue weighted by Crippen LogP contribution is 2.23. The van der Waals surface area contributed by atoms with Gasteiger partial charge in [-0.3, -0.25) is 4.79 Å². The van der Waals surface area contributed by atoms with Crippen LogP contribution in [-0.2, 0) is 4.79 Å². The van der Waals surface area contributed by atoms with E-state index in [1.165, 1.54) is 12.8 Å². The Bertz CT molecular complexity index is 1020. The molecule has 8 nitrogen and oxygen atoms in total. The lowest BCUT2D eigenvalue weighted by molar-refractivity contribution is -0.118. The number of carbonyl (C=O) groups is 1. The highest BCUT2D eigenvalue weighted by atomic mass is 16.5. The van der Waals surface area contributed by atoms with Gasteiger partial charge in [-0.15, -0.1) is 5.10 Å². The SMILES string of the molecule is COc1cccc(OCC(=O)Nc2ccc(Nc3cc(N4CCCC4)cnn3)cc2)c1. The fourth-order valence-electron chi connectivity index (χ4n) is 3.39. The molecule has 1 aliphatic rings. The third-order valence-electron chi connectivity index (χ3n) is 4.96. The van der Waals surface area contributed by atoms with Crippen molar-refractivity contribution in [1.82, 2.24) is 10.2 Å². The van der Waals surface area contributed by atoms with Crippen molar-refractivity contribution in [2.75, 3.05) is 42.3 Å². The van der Waals surface area contributed by atoms with Crippen molar-refractivity contribution in [2.24, 2.45) is 0 Å². The van der Waals surface area contributed by atoms with Crippen LogP contribution in [0.15, 0.2) is 60.8 Å². The Morgan fingerprint density at radius 2 is 1.77 bits per heavy atom. The molecule has 3 aromatic rings. The van der Waals surface area contributed by atoms with Gasteiger partial charge in [-0.25, -0.2) is 0 Å². The number of hydrogen-bond acceptors (Lipinski definition) is 7. The highest BCUT2D eigenvalue weighted by Gasteiger charge is 2.13. The summed E-state index contributed by atoms with van der Waals surface area (Å²) in [5, 5.41) is 14.3. The van der Waals surface area contributed by atoms with Gasteiger partial charge in [0.15, 0.2) is 12.4 Å². The third kappa shape index (κ3) is 5.63. The molecular formula is C23H25N5O3. The van der Waals surface area contributed by atoms with Gasteiger partial charge in [0.05, 0.1) is 19.0 Å². The molecule has 0 bridgehead atoms. The number of anilines is 4. The number of carbonyl (C=O) groups excluding carboxylic acids is 1. The zero-order valence-corrected chi connectivity index (χ0v) is 17.4. The van der Waals surface area contributed by atoms with Crippen molar-refractivity contribution in [1.29, 1.82) is 0 Å². The minimum absolute atomic E-state index is 0.0912. The Labute approximate surface area is 181 Å². The van der Waals surface area contributed by atoms with Crippen LogP contribution in [0.4, 0.5) is 22.9 Å². The first-order valence-corrected chi connectivity index (χ1v) is 10.2. The molecule has 0 saturated carbocycles. The quantitative estimate of drug-likeness (QED) is 0.573. The normalized spacial score (nSPS) is 13.0. The van der Waals surface area contributed by atoms with Gasteiger partial charge in [0.1, 0.15) is 11.5 Å². The Balaban J connectivity index is 1.30. The number of methoxy groups -OCH3 is 1. The predicted octanol–water partition coefficient (Wildman–Crippen LogP) is 3.85. The Morgan fingerprint density at radius 1 is 1.03 bits per heavy atom. The molecule has 2 N–H and O–H groups in total. The topological polar surface area (TPSA) is 88.6 Å². The maximum absolute atomic E-state index is 12.2. The summed E-state index contributed by atoms with van der Waals surface area (Å²) < 4.78 is 10.7. The van der Waals surface area contributed by atoms with Gasteiger partial charge in [-0.1, -0.05) is 6.07 Å². The molecule has 0 atom stereocenters. The van der Waals surface area contributed by atoms with Gasteiger partial charge in [0, 0.05) is 36.6 Å². The van der Waals surface area contributed by atoms with E-state index in [0.717, 1.165) is 24.5 Å². The lowest BCUT2D eigenvalue weighted by Gasteiger charge is -2.17. The largest absolute Gasteiger partial charge is 0.497 e. The summed E-state index contributed by atoms with van der Waals surface area (Å²) >= 11 is 0. The Morgan fingerprint density at radius 3 is 2.55 bits per heavy atom. The molecule has 2 heterocycles. The summed E-state index contributed by atoms with van der Waals surface area (Å²) in [4.78, 5) is 14.5. The molecule has 8 heteroatoms. The van der Waals surface area contributed by atoms with Crippen LogP contribution in [0.2, 0.25) is 0 Å². The maximum atomic E-state index is 12.2. The van der Waals surface area contributed by atoms with E-state index < -0.39 is 0 Å². The number of benzene rings is 2. The first kappa shape index (κ1) is 20.5. The van der Waals surface area contributed by atoms with Gasteiger partial charge < -0.3 is 25.0 Å². The van der Waals surface area contributed by atoms with Gasteiger partial charge in [0.25, 0.3) is 5.91 Å². The lowest BCUT2D eigenvalue weighted by atomic mass is 10.2. The van der Waals surface area contributed by atoms with Gasteiger partial charge in [-0.05, 0) is 49.2 Å². The number of hydrogen-bond donors (Lipinski definition) is 2. The first-order valence-electron chi connectivity index (χ1n) is 10.2. The molecule has 4 rings (SSSR count). The van der Waals surface area contributed by atoms with Crippen LogP contribution in [0.25, 0.3) is 0 Å². The second-order valence-electron chi connectivity index (χ2n) is 7.21. The van der Waals surface area contributed by atoms with E-state index in [2.05, 4.69) is 25.7 Å². The second kappa shape index (κ2) is 9.80.